The SMILES string of the molecule is Cc1ccc([C@@H](C)NC(=O)COC(=O)c2ccc(F)cc2)cc1. The second-order valence-electron chi connectivity index (χ2n) is 5.28. The van der Waals surface area contributed by atoms with Gasteiger partial charge in [-0.1, -0.05) is 29.8 Å². The Morgan fingerprint density at radius 2 is 1.70 bits per heavy atom. The second-order valence-corrected chi connectivity index (χ2v) is 5.28. The molecular weight excluding hydrogens is 297 g/mol. The van der Waals surface area contributed by atoms with E-state index in [1.807, 2.05) is 38.1 Å². The van der Waals surface area contributed by atoms with Crippen LogP contribution in [0.2, 0.25) is 0 Å². The molecule has 4 nitrogen and oxygen atoms in total. The van der Waals surface area contributed by atoms with Crippen LogP contribution in [-0.2, 0) is 9.53 Å². The highest BCUT2D eigenvalue weighted by Gasteiger charge is 2.13. The van der Waals surface area contributed by atoms with Crippen molar-refractivity contribution in [2.45, 2.75) is 19.9 Å². The summed E-state index contributed by atoms with van der Waals surface area (Å²) in [6.45, 7) is 3.46. The fraction of sp³-hybridized carbons (Fsp3) is 0.222. The Bertz CT molecular complexity index is 680. The summed E-state index contributed by atoms with van der Waals surface area (Å²) in [5, 5.41) is 2.76. The third kappa shape index (κ3) is 4.92. The molecule has 0 aliphatic heterocycles. The summed E-state index contributed by atoms with van der Waals surface area (Å²) in [5.74, 6) is -1.50. The topological polar surface area (TPSA) is 55.4 Å². The van der Waals surface area contributed by atoms with Crippen molar-refractivity contribution >= 4 is 11.9 Å². The van der Waals surface area contributed by atoms with E-state index < -0.39 is 17.7 Å². The van der Waals surface area contributed by atoms with Crippen LogP contribution in [-0.4, -0.2) is 18.5 Å². The number of carbonyl (C=O) groups is 2. The van der Waals surface area contributed by atoms with Gasteiger partial charge in [-0.25, -0.2) is 9.18 Å². The van der Waals surface area contributed by atoms with Crippen LogP contribution in [0.25, 0.3) is 0 Å². The molecule has 2 aromatic rings. The zero-order valence-electron chi connectivity index (χ0n) is 13.0. The molecule has 0 saturated carbocycles. The molecular formula is C18H18FNO3. The van der Waals surface area contributed by atoms with E-state index >= 15 is 0 Å². The number of nitrogens with one attached hydrogen (secondary N) is 1. The lowest BCUT2D eigenvalue weighted by atomic mass is 10.1. The standard InChI is InChI=1S/C18H18FNO3/c1-12-3-5-14(6-4-12)13(2)20-17(21)11-23-18(22)15-7-9-16(19)10-8-15/h3-10,13H,11H2,1-2H3,(H,20,21)/t13-/m1/s1. The van der Waals surface area contributed by atoms with Gasteiger partial charge in [-0.3, -0.25) is 4.79 Å². The highest BCUT2D eigenvalue weighted by molar-refractivity contribution is 5.91. The summed E-state index contributed by atoms with van der Waals surface area (Å²) in [4.78, 5) is 23.6. The lowest BCUT2D eigenvalue weighted by Crippen LogP contribution is -2.31. The zero-order chi connectivity index (χ0) is 16.8. The van der Waals surface area contributed by atoms with E-state index in [9.17, 15) is 14.0 Å². The minimum Gasteiger partial charge on any atom is -0.452 e. The molecule has 120 valence electrons. The molecule has 0 spiro atoms. The smallest absolute Gasteiger partial charge is 0.338 e. The number of hydrogen-bond acceptors (Lipinski definition) is 3. The van der Waals surface area contributed by atoms with Gasteiger partial charge >= 0.3 is 5.97 Å². The Labute approximate surface area is 134 Å². The summed E-state index contributed by atoms with van der Waals surface area (Å²) in [5.41, 5.74) is 2.31. The third-order valence-corrected chi connectivity index (χ3v) is 3.37. The highest BCUT2D eigenvalue weighted by Crippen LogP contribution is 2.13. The van der Waals surface area contributed by atoms with Gasteiger partial charge in [0.1, 0.15) is 5.82 Å². The number of hydrogen-bond donors (Lipinski definition) is 1. The Balaban J connectivity index is 1.83. The molecule has 23 heavy (non-hydrogen) atoms. The number of carbonyl (C=O) groups excluding carboxylic acids is 2. The number of esters is 1. The number of amides is 1. The fourth-order valence-corrected chi connectivity index (χ4v) is 2.02. The second kappa shape index (κ2) is 7.54. The molecule has 2 aromatic carbocycles. The molecule has 1 amide bonds. The first-order valence-electron chi connectivity index (χ1n) is 7.24. The number of aryl methyl sites for hydroxylation is 1. The number of ether oxygens (including phenoxy) is 1. The van der Waals surface area contributed by atoms with E-state index in [1.165, 1.54) is 12.1 Å². The van der Waals surface area contributed by atoms with E-state index in [4.69, 9.17) is 4.74 Å². The van der Waals surface area contributed by atoms with Crippen molar-refractivity contribution in [2.75, 3.05) is 6.61 Å². The fourth-order valence-electron chi connectivity index (χ4n) is 2.02. The summed E-state index contributed by atoms with van der Waals surface area (Å²) in [6, 6.07) is 12.6. The predicted octanol–water partition coefficient (Wildman–Crippen LogP) is 3.17. The minimum atomic E-state index is -0.664. The van der Waals surface area contributed by atoms with Crippen molar-refractivity contribution in [3.05, 3.63) is 71.0 Å². The summed E-state index contributed by atoms with van der Waals surface area (Å²) in [6.07, 6.45) is 0. The van der Waals surface area contributed by atoms with Crippen LogP contribution in [0, 0.1) is 12.7 Å². The molecule has 0 heterocycles. The normalized spacial score (nSPS) is 11.6. The Hall–Kier alpha value is -2.69. The van der Waals surface area contributed by atoms with Crippen molar-refractivity contribution in [1.29, 1.82) is 0 Å². The summed E-state index contributed by atoms with van der Waals surface area (Å²) < 4.78 is 17.7. The van der Waals surface area contributed by atoms with Crippen LogP contribution < -0.4 is 5.32 Å². The largest absolute Gasteiger partial charge is 0.452 e. The van der Waals surface area contributed by atoms with Crippen molar-refractivity contribution in [3.8, 4) is 0 Å². The minimum absolute atomic E-state index is 0.187. The molecule has 2 rings (SSSR count). The molecule has 0 unspecified atom stereocenters. The van der Waals surface area contributed by atoms with Gasteiger partial charge in [-0.05, 0) is 43.7 Å². The Morgan fingerprint density at radius 3 is 2.30 bits per heavy atom. The molecule has 1 atom stereocenters. The molecule has 0 saturated heterocycles. The van der Waals surface area contributed by atoms with Gasteiger partial charge in [0.05, 0.1) is 11.6 Å². The van der Waals surface area contributed by atoms with Crippen molar-refractivity contribution < 1.29 is 18.7 Å². The Kier molecular flexibility index (Phi) is 5.46. The maximum Gasteiger partial charge on any atom is 0.338 e. The average Bonchev–Trinajstić information content (AvgIpc) is 2.54. The number of benzene rings is 2. The van der Waals surface area contributed by atoms with Crippen molar-refractivity contribution in [1.82, 2.24) is 5.32 Å². The predicted molar refractivity (Wildman–Crippen MR) is 84.4 cm³/mol. The molecule has 0 aliphatic carbocycles. The Morgan fingerprint density at radius 1 is 1.09 bits per heavy atom. The lowest BCUT2D eigenvalue weighted by molar-refractivity contribution is -0.124. The van der Waals surface area contributed by atoms with E-state index in [1.54, 1.807) is 0 Å². The van der Waals surface area contributed by atoms with E-state index in [2.05, 4.69) is 5.32 Å². The first-order chi connectivity index (χ1) is 11.0. The lowest BCUT2D eigenvalue weighted by Gasteiger charge is -2.14. The number of halogens is 1. The highest BCUT2D eigenvalue weighted by atomic mass is 19.1. The van der Waals surface area contributed by atoms with Crippen molar-refractivity contribution in [3.63, 3.8) is 0 Å². The van der Waals surface area contributed by atoms with Crippen LogP contribution in [0.3, 0.4) is 0 Å². The van der Waals surface area contributed by atoms with E-state index in [-0.39, 0.29) is 18.2 Å². The van der Waals surface area contributed by atoms with Gasteiger partial charge in [0, 0.05) is 0 Å². The molecule has 0 aromatic heterocycles. The van der Waals surface area contributed by atoms with E-state index in [0.717, 1.165) is 23.3 Å². The van der Waals surface area contributed by atoms with Crippen LogP contribution >= 0.6 is 0 Å². The summed E-state index contributed by atoms with van der Waals surface area (Å²) in [7, 11) is 0. The molecule has 0 fully saturated rings. The van der Waals surface area contributed by atoms with Crippen LogP contribution in [0.4, 0.5) is 4.39 Å². The van der Waals surface area contributed by atoms with Gasteiger partial charge < -0.3 is 10.1 Å². The van der Waals surface area contributed by atoms with E-state index in [0.29, 0.717) is 0 Å². The first kappa shape index (κ1) is 16.7. The van der Waals surface area contributed by atoms with Gasteiger partial charge in [0.25, 0.3) is 5.91 Å². The van der Waals surface area contributed by atoms with Crippen LogP contribution in [0.1, 0.15) is 34.5 Å². The molecule has 0 aliphatic rings. The third-order valence-electron chi connectivity index (χ3n) is 3.37. The zero-order valence-corrected chi connectivity index (χ0v) is 13.0. The maximum atomic E-state index is 12.8. The first-order valence-corrected chi connectivity index (χ1v) is 7.24. The summed E-state index contributed by atoms with van der Waals surface area (Å²) >= 11 is 0. The maximum absolute atomic E-state index is 12.8. The molecule has 0 bridgehead atoms. The number of rotatable bonds is 5. The molecule has 0 radical (unpaired) electrons. The molecule has 1 N–H and O–H groups in total. The van der Waals surface area contributed by atoms with Gasteiger partial charge in [-0.2, -0.15) is 0 Å². The molecule has 5 heteroatoms. The van der Waals surface area contributed by atoms with Crippen LogP contribution in [0.15, 0.2) is 48.5 Å². The average molecular weight is 315 g/mol. The monoisotopic (exact) mass is 315 g/mol. The van der Waals surface area contributed by atoms with Gasteiger partial charge in [-0.15, -0.1) is 0 Å². The van der Waals surface area contributed by atoms with Gasteiger partial charge in [0.15, 0.2) is 6.61 Å². The van der Waals surface area contributed by atoms with Gasteiger partial charge in [0.2, 0.25) is 0 Å². The quantitative estimate of drug-likeness (QED) is 0.862. The van der Waals surface area contributed by atoms with Crippen molar-refractivity contribution in [2.24, 2.45) is 0 Å². The van der Waals surface area contributed by atoms with Crippen LogP contribution in [0.5, 0.6) is 0 Å².